The SMILES string of the molecule is CN=C(NC1CCN(CC2CCOC2)CC1)NC1CC1c1cccc(Cl)c1. The fourth-order valence-corrected chi connectivity index (χ4v) is 4.55. The van der Waals surface area contributed by atoms with E-state index >= 15 is 0 Å². The van der Waals surface area contributed by atoms with E-state index < -0.39 is 0 Å². The van der Waals surface area contributed by atoms with Crippen LogP contribution in [0.2, 0.25) is 5.02 Å². The van der Waals surface area contributed by atoms with Crippen LogP contribution >= 0.6 is 11.6 Å². The van der Waals surface area contributed by atoms with E-state index in [0.717, 1.165) is 36.5 Å². The number of piperidine rings is 1. The Hall–Kier alpha value is -1.30. The van der Waals surface area contributed by atoms with E-state index in [2.05, 4.69) is 32.7 Å². The van der Waals surface area contributed by atoms with Crippen molar-refractivity contribution in [2.75, 3.05) is 39.9 Å². The molecule has 6 heteroatoms. The predicted octanol–water partition coefficient (Wildman–Crippen LogP) is 2.86. The van der Waals surface area contributed by atoms with E-state index in [0.29, 0.717) is 18.0 Å². The minimum Gasteiger partial charge on any atom is -0.381 e. The molecule has 3 fully saturated rings. The van der Waals surface area contributed by atoms with Gasteiger partial charge in [0, 0.05) is 56.3 Å². The molecule has 2 heterocycles. The van der Waals surface area contributed by atoms with Crippen molar-refractivity contribution in [1.29, 1.82) is 0 Å². The number of benzene rings is 1. The van der Waals surface area contributed by atoms with Gasteiger partial charge in [-0.3, -0.25) is 4.99 Å². The molecule has 1 aromatic rings. The van der Waals surface area contributed by atoms with Crippen LogP contribution in [0.15, 0.2) is 29.3 Å². The van der Waals surface area contributed by atoms with Gasteiger partial charge in [0.15, 0.2) is 5.96 Å². The van der Waals surface area contributed by atoms with Crippen LogP contribution in [0, 0.1) is 5.92 Å². The highest BCUT2D eigenvalue weighted by Gasteiger charge is 2.39. The predicted molar refractivity (Wildman–Crippen MR) is 111 cm³/mol. The number of nitrogens with one attached hydrogen (secondary N) is 2. The quantitative estimate of drug-likeness (QED) is 0.599. The minimum atomic E-state index is 0.456. The summed E-state index contributed by atoms with van der Waals surface area (Å²) < 4.78 is 5.51. The summed E-state index contributed by atoms with van der Waals surface area (Å²) in [4.78, 5) is 7.05. The van der Waals surface area contributed by atoms with Gasteiger partial charge in [-0.2, -0.15) is 0 Å². The van der Waals surface area contributed by atoms with Crippen LogP contribution in [0.25, 0.3) is 0 Å². The Morgan fingerprint density at radius 3 is 2.81 bits per heavy atom. The van der Waals surface area contributed by atoms with E-state index in [4.69, 9.17) is 16.3 Å². The van der Waals surface area contributed by atoms with E-state index in [9.17, 15) is 0 Å². The van der Waals surface area contributed by atoms with Gasteiger partial charge in [0.2, 0.25) is 0 Å². The van der Waals surface area contributed by atoms with Crippen LogP contribution < -0.4 is 10.6 Å². The van der Waals surface area contributed by atoms with Crippen molar-refractivity contribution < 1.29 is 4.74 Å². The second-order valence-electron chi connectivity index (χ2n) is 8.17. The monoisotopic (exact) mass is 390 g/mol. The highest BCUT2D eigenvalue weighted by Crippen LogP contribution is 2.41. The summed E-state index contributed by atoms with van der Waals surface area (Å²) in [5, 5.41) is 8.04. The second-order valence-corrected chi connectivity index (χ2v) is 8.61. The van der Waals surface area contributed by atoms with E-state index in [1.807, 2.05) is 19.2 Å². The Kier molecular flexibility index (Phi) is 6.21. The van der Waals surface area contributed by atoms with Gasteiger partial charge in [-0.15, -0.1) is 0 Å². The van der Waals surface area contributed by atoms with E-state index in [1.54, 1.807) is 0 Å². The van der Waals surface area contributed by atoms with Crippen LogP contribution in [-0.2, 0) is 4.74 Å². The first-order chi connectivity index (χ1) is 13.2. The first-order valence-corrected chi connectivity index (χ1v) is 10.6. The Balaban J connectivity index is 1.20. The fraction of sp³-hybridized carbons (Fsp3) is 0.667. The third-order valence-corrected chi connectivity index (χ3v) is 6.32. The molecule has 0 radical (unpaired) electrons. The van der Waals surface area contributed by atoms with Crippen LogP contribution in [0.4, 0.5) is 0 Å². The average Bonchev–Trinajstić information content (AvgIpc) is 3.26. The van der Waals surface area contributed by atoms with Crippen LogP contribution in [0.1, 0.15) is 37.2 Å². The van der Waals surface area contributed by atoms with Crippen molar-refractivity contribution in [3.05, 3.63) is 34.9 Å². The standard InChI is InChI=1S/C21H31ClN4O/c1-23-21(25-20-12-19(20)16-3-2-4-17(22)11-16)24-18-5-8-26(9-6-18)13-15-7-10-27-14-15/h2-4,11,15,18-20H,5-10,12-14H2,1H3,(H2,23,24,25). The number of hydrogen-bond donors (Lipinski definition) is 2. The first-order valence-electron chi connectivity index (χ1n) is 10.3. The summed E-state index contributed by atoms with van der Waals surface area (Å²) in [6.07, 6.45) is 4.72. The molecule has 0 bridgehead atoms. The van der Waals surface area contributed by atoms with Crippen molar-refractivity contribution in [3.63, 3.8) is 0 Å². The van der Waals surface area contributed by atoms with Crippen molar-refractivity contribution in [1.82, 2.24) is 15.5 Å². The molecular weight excluding hydrogens is 360 g/mol. The number of hydrogen-bond acceptors (Lipinski definition) is 3. The lowest BCUT2D eigenvalue weighted by Gasteiger charge is -2.34. The Morgan fingerprint density at radius 1 is 1.26 bits per heavy atom. The molecule has 2 N–H and O–H groups in total. The lowest BCUT2D eigenvalue weighted by Crippen LogP contribution is -2.49. The molecule has 3 unspecified atom stereocenters. The second kappa shape index (κ2) is 8.80. The lowest BCUT2D eigenvalue weighted by atomic mass is 10.0. The minimum absolute atomic E-state index is 0.456. The number of ether oxygens (including phenoxy) is 1. The molecule has 3 atom stereocenters. The summed E-state index contributed by atoms with van der Waals surface area (Å²) in [6.45, 7) is 5.43. The molecule has 0 amide bonds. The molecule has 1 aromatic carbocycles. The third-order valence-electron chi connectivity index (χ3n) is 6.08. The molecule has 5 nitrogen and oxygen atoms in total. The van der Waals surface area contributed by atoms with Gasteiger partial charge in [0.1, 0.15) is 0 Å². The molecule has 0 aromatic heterocycles. The average molecular weight is 391 g/mol. The zero-order chi connectivity index (χ0) is 18.6. The number of likely N-dealkylation sites (tertiary alicyclic amines) is 1. The maximum absolute atomic E-state index is 6.12. The topological polar surface area (TPSA) is 48.9 Å². The molecule has 2 aliphatic heterocycles. The maximum Gasteiger partial charge on any atom is 0.191 e. The van der Waals surface area contributed by atoms with Gasteiger partial charge < -0.3 is 20.3 Å². The van der Waals surface area contributed by atoms with E-state index in [1.165, 1.54) is 44.5 Å². The maximum atomic E-state index is 6.12. The number of halogens is 1. The summed E-state index contributed by atoms with van der Waals surface area (Å²) in [7, 11) is 1.86. The zero-order valence-corrected chi connectivity index (χ0v) is 16.9. The van der Waals surface area contributed by atoms with E-state index in [-0.39, 0.29) is 0 Å². The molecule has 2 saturated heterocycles. The molecule has 0 spiro atoms. The zero-order valence-electron chi connectivity index (χ0n) is 16.2. The fourth-order valence-electron chi connectivity index (χ4n) is 4.35. The normalized spacial score (nSPS) is 29.7. The highest BCUT2D eigenvalue weighted by molar-refractivity contribution is 6.30. The molecular formula is C21H31ClN4O. The Bertz CT molecular complexity index is 653. The smallest absolute Gasteiger partial charge is 0.191 e. The van der Waals surface area contributed by atoms with Gasteiger partial charge in [0.25, 0.3) is 0 Å². The summed E-state index contributed by atoms with van der Waals surface area (Å²) in [5.41, 5.74) is 1.32. The van der Waals surface area contributed by atoms with Gasteiger partial charge in [-0.05, 0) is 49.3 Å². The molecule has 1 aliphatic carbocycles. The van der Waals surface area contributed by atoms with Crippen molar-refractivity contribution >= 4 is 17.6 Å². The summed E-state index contributed by atoms with van der Waals surface area (Å²) >= 11 is 6.12. The van der Waals surface area contributed by atoms with Crippen molar-refractivity contribution in [2.45, 2.75) is 43.7 Å². The number of nitrogens with zero attached hydrogens (tertiary/aromatic N) is 2. The van der Waals surface area contributed by atoms with Gasteiger partial charge in [-0.1, -0.05) is 23.7 Å². The molecule has 27 heavy (non-hydrogen) atoms. The highest BCUT2D eigenvalue weighted by atomic mass is 35.5. The van der Waals surface area contributed by atoms with Gasteiger partial charge in [-0.25, -0.2) is 0 Å². The molecule has 1 saturated carbocycles. The van der Waals surface area contributed by atoms with Crippen LogP contribution in [0.3, 0.4) is 0 Å². The van der Waals surface area contributed by atoms with Gasteiger partial charge in [0.05, 0.1) is 6.61 Å². The first kappa shape index (κ1) is 19.0. The van der Waals surface area contributed by atoms with Gasteiger partial charge >= 0.3 is 0 Å². The number of guanidine groups is 1. The molecule has 3 aliphatic rings. The van der Waals surface area contributed by atoms with Crippen molar-refractivity contribution in [3.8, 4) is 0 Å². The molecule has 4 rings (SSSR count). The van der Waals surface area contributed by atoms with Crippen molar-refractivity contribution in [2.24, 2.45) is 10.9 Å². The number of rotatable bonds is 5. The molecule has 148 valence electrons. The van der Waals surface area contributed by atoms with Crippen LogP contribution in [-0.4, -0.2) is 62.8 Å². The largest absolute Gasteiger partial charge is 0.381 e. The Labute approximate surface area is 167 Å². The summed E-state index contributed by atoms with van der Waals surface area (Å²) in [5.74, 6) is 2.21. The van der Waals surface area contributed by atoms with Crippen LogP contribution in [0.5, 0.6) is 0 Å². The number of aliphatic imine (C=N–C) groups is 1. The Morgan fingerprint density at radius 2 is 2.11 bits per heavy atom. The lowest BCUT2D eigenvalue weighted by molar-refractivity contribution is 0.150. The summed E-state index contributed by atoms with van der Waals surface area (Å²) in [6, 6.07) is 9.18. The third kappa shape index (κ3) is 5.15.